The summed E-state index contributed by atoms with van der Waals surface area (Å²) in [5, 5.41) is 5.42. The molecule has 3 heteroatoms. The first-order chi connectivity index (χ1) is 7.84. The number of fused-ring (bicyclic) bond motifs is 1. The first-order valence-electron chi connectivity index (χ1n) is 5.88. The Morgan fingerprint density at radius 2 is 2.12 bits per heavy atom. The lowest BCUT2D eigenvalue weighted by molar-refractivity contribution is 0.275. The van der Waals surface area contributed by atoms with Crippen molar-refractivity contribution in [1.29, 1.82) is 0 Å². The van der Waals surface area contributed by atoms with E-state index in [9.17, 15) is 0 Å². The largest absolute Gasteiger partial charge is 0.380 e. The number of rotatable bonds is 0. The molecule has 0 amide bonds. The van der Waals surface area contributed by atoms with Crippen LogP contribution in [0.25, 0.3) is 5.70 Å². The van der Waals surface area contributed by atoms with Gasteiger partial charge in [-0.3, -0.25) is 5.84 Å². The van der Waals surface area contributed by atoms with E-state index in [1.807, 2.05) is 5.01 Å². The lowest BCUT2D eigenvalue weighted by atomic mass is 9.99. The summed E-state index contributed by atoms with van der Waals surface area (Å²) in [6, 6.07) is 8.60. The highest BCUT2D eigenvalue weighted by Crippen LogP contribution is 2.29. The monoisotopic (exact) mass is 215 g/mol. The zero-order chi connectivity index (χ0) is 11.0. The zero-order valence-electron chi connectivity index (χ0n) is 9.37. The highest BCUT2D eigenvalue weighted by Gasteiger charge is 2.21. The second kappa shape index (κ2) is 3.92. The number of nitrogens with zero attached hydrogens (tertiary/aromatic N) is 1. The minimum Gasteiger partial charge on any atom is -0.380 e. The minimum atomic E-state index is 0.899. The maximum atomic E-state index is 5.88. The Morgan fingerprint density at radius 3 is 3.00 bits per heavy atom. The molecule has 2 heterocycles. The molecule has 2 aliphatic heterocycles. The smallest absolute Gasteiger partial charge is 0.0425 e. The molecule has 3 N–H and O–H groups in total. The van der Waals surface area contributed by atoms with Gasteiger partial charge in [-0.1, -0.05) is 24.3 Å². The topological polar surface area (TPSA) is 41.3 Å². The number of hydrazine groups is 1. The van der Waals surface area contributed by atoms with Crippen molar-refractivity contribution in [2.24, 2.45) is 5.84 Å². The second-order valence-corrected chi connectivity index (χ2v) is 4.56. The van der Waals surface area contributed by atoms with E-state index in [0.717, 1.165) is 19.6 Å². The lowest BCUT2D eigenvalue weighted by Gasteiger charge is -2.25. The third kappa shape index (κ3) is 1.62. The standard InChI is InChI=1S/C13H17N3/c14-16-7-3-5-11(9-16)13-12-6-2-1-4-10(12)8-15-13/h1-2,4,6,15H,3,5,7-9,14H2/b13-11-. The molecule has 3 rings (SSSR count). The van der Waals surface area contributed by atoms with Crippen LogP contribution in [0.15, 0.2) is 29.8 Å². The summed E-state index contributed by atoms with van der Waals surface area (Å²) in [4.78, 5) is 0. The van der Waals surface area contributed by atoms with Gasteiger partial charge in [-0.15, -0.1) is 0 Å². The van der Waals surface area contributed by atoms with Crippen LogP contribution in [0, 0.1) is 0 Å². The molecular formula is C13H17N3. The summed E-state index contributed by atoms with van der Waals surface area (Å²) in [5.41, 5.74) is 5.55. The third-order valence-electron chi connectivity index (χ3n) is 3.41. The van der Waals surface area contributed by atoms with E-state index >= 15 is 0 Å². The van der Waals surface area contributed by atoms with Crippen molar-refractivity contribution in [3.8, 4) is 0 Å². The average Bonchev–Trinajstić information content (AvgIpc) is 2.72. The van der Waals surface area contributed by atoms with Crippen LogP contribution in [0.5, 0.6) is 0 Å². The van der Waals surface area contributed by atoms with Gasteiger partial charge in [0.15, 0.2) is 0 Å². The van der Waals surface area contributed by atoms with Crippen LogP contribution in [-0.2, 0) is 6.54 Å². The normalized spacial score (nSPS) is 25.3. The maximum absolute atomic E-state index is 5.88. The quantitative estimate of drug-likeness (QED) is 0.644. The fraction of sp³-hybridized carbons (Fsp3) is 0.385. The van der Waals surface area contributed by atoms with Gasteiger partial charge in [0.25, 0.3) is 0 Å². The number of hydrogen-bond acceptors (Lipinski definition) is 3. The Morgan fingerprint density at radius 1 is 1.25 bits per heavy atom. The van der Waals surface area contributed by atoms with Gasteiger partial charge >= 0.3 is 0 Å². The van der Waals surface area contributed by atoms with Gasteiger partial charge in [-0.2, -0.15) is 0 Å². The summed E-state index contributed by atoms with van der Waals surface area (Å²) in [6.07, 6.45) is 2.34. The summed E-state index contributed by atoms with van der Waals surface area (Å²) in [6.45, 7) is 2.87. The summed E-state index contributed by atoms with van der Waals surface area (Å²) < 4.78 is 0. The molecule has 1 aromatic carbocycles. The van der Waals surface area contributed by atoms with Crippen molar-refractivity contribution < 1.29 is 0 Å². The molecule has 1 saturated heterocycles. The number of benzene rings is 1. The first-order valence-corrected chi connectivity index (χ1v) is 5.88. The van der Waals surface area contributed by atoms with Crippen LogP contribution >= 0.6 is 0 Å². The van der Waals surface area contributed by atoms with Crippen molar-refractivity contribution >= 4 is 5.70 Å². The van der Waals surface area contributed by atoms with Crippen molar-refractivity contribution in [3.63, 3.8) is 0 Å². The number of hydrogen-bond donors (Lipinski definition) is 2. The molecule has 0 saturated carbocycles. The van der Waals surface area contributed by atoms with Gasteiger partial charge in [-0.25, -0.2) is 5.01 Å². The molecule has 84 valence electrons. The highest BCUT2D eigenvalue weighted by molar-refractivity contribution is 5.73. The van der Waals surface area contributed by atoms with E-state index < -0.39 is 0 Å². The van der Waals surface area contributed by atoms with E-state index in [2.05, 4.69) is 29.6 Å². The number of nitrogens with one attached hydrogen (secondary N) is 1. The third-order valence-corrected chi connectivity index (χ3v) is 3.41. The highest BCUT2D eigenvalue weighted by atomic mass is 15.4. The molecule has 2 aliphatic rings. The molecule has 1 fully saturated rings. The molecule has 0 radical (unpaired) electrons. The average molecular weight is 215 g/mol. The number of piperidine rings is 1. The van der Waals surface area contributed by atoms with Gasteiger partial charge in [0.05, 0.1) is 0 Å². The predicted molar refractivity (Wildman–Crippen MR) is 65.2 cm³/mol. The Hall–Kier alpha value is -1.32. The zero-order valence-corrected chi connectivity index (χ0v) is 9.37. The van der Waals surface area contributed by atoms with E-state index in [0.29, 0.717) is 0 Å². The second-order valence-electron chi connectivity index (χ2n) is 4.56. The van der Waals surface area contributed by atoms with Gasteiger partial charge in [-0.05, 0) is 24.0 Å². The van der Waals surface area contributed by atoms with Crippen LogP contribution < -0.4 is 11.2 Å². The van der Waals surface area contributed by atoms with Crippen LogP contribution in [0.2, 0.25) is 0 Å². The molecule has 0 aromatic heterocycles. The molecule has 0 unspecified atom stereocenters. The minimum absolute atomic E-state index is 0.899. The van der Waals surface area contributed by atoms with Gasteiger partial charge in [0.2, 0.25) is 0 Å². The number of nitrogens with two attached hydrogens (primary N) is 1. The maximum Gasteiger partial charge on any atom is 0.0425 e. The van der Waals surface area contributed by atoms with E-state index in [-0.39, 0.29) is 0 Å². The Balaban J connectivity index is 1.99. The van der Waals surface area contributed by atoms with Crippen molar-refractivity contribution in [2.45, 2.75) is 19.4 Å². The summed E-state index contributed by atoms with van der Waals surface area (Å²) in [5.74, 6) is 5.88. The van der Waals surface area contributed by atoms with E-state index in [1.54, 1.807) is 0 Å². The molecule has 16 heavy (non-hydrogen) atoms. The fourth-order valence-corrected chi connectivity index (χ4v) is 2.62. The lowest BCUT2D eigenvalue weighted by Crippen LogP contribution is -2.37. The van der Waals surface area contributed by atoms with Gasteiger partial charge < -0.3 is 5.32 Å². The SMILES string of the molecule is NN1CCC/C(=C2/NCc3ccccc32)C1. The molecular weight excluding hydrogens is 198 g/mol. The van der Waals surface area contributed by atoms with Crippen LogP contribution in [0.4, 0.5) is 0 Å². The van der Waals surface area contributed by atoms with Crippen molar-refractivity contribution in [1.82, 2.24) is 10.3 Å². The molecule has 0 atom stereocenters. The van der Waals surface area contributed by atoms with Crippen molar-refractivity contribution in [3.05, 3.63) is 41.0 Å². The summed E-state index contributed by atoms with van der Waals surface area (Å²) >= 11 is 0. The molecule has 0 bridgehead atoms. The Bertz CT molecular complexity index is 437. The van der Waals surface area contributed by atoms with E-state index in [1.165, 1.54) is 35.2 Å². The Kier molecular flexibility index (Phi) is 2.42. The first kappa shape index (κ1) is 9.87. The van der Waals surface area contributed by atoms with Crippen LogP contribution in [0.1, 0.15) is 24.0 Å². The van der Waals surface area contributed by atoms with E-state index in [4.69, 9.17) is 5.84 Å². The van der Waals surface area contributed by atoms with Gasteiger partial charge in [0, 0.05) is 30.9 Å². The summed E-state index contributed by atoms with van der Waals surface area (Å²) in [7, 11) is 0. The van der Waals surface area contributed by atoms with Crippen LogP contribution in [0.3, 0.4) is 0 Å². The predicted octanol–water partition coefficient (Wildman–Crippen LogP) is 1.47. The van der Waals surface area contributed by atoms with Crippen LogP contribution in [-0.4, -0.2) is 18.1 Å². The molecule has 0 aliphatic carbocycles. The molecule has 0 spiro atoms. The van der Waals surface area contributed by atoms with Gasteiger partial charge in [0.1, 0.15) is 0 Å². The molecule has 3 nitrogen and oxygen atoms in total. The fourth-order valence-electron chi connectivity index (χ4n) is 2.62. The Labute approximate surface area is 95.9 Å². The molecule has 1 aromatic rings. The van der Waals surface area contributed by atoms with Crippen molar-refractivity contribution in [2.75, 3.05) is 13.1 Å².